The summed E-state index contributed by atoms with van der Waals surface area (Å²) in [4.78, 5) is 4.21. The monoisotopic (exact) mass is 232 g/mol. The number of rotatable bonds is 1. The minimum Gasteiger partial charge on any atom is -0.218 e. The van der Waals surface area contributed by atoms with Gasteiger partial charge in [-0.05, 0) is 31.5 Å². The zero-order chi connectivity index (χ0) is 11.7. The molecule has 4 nitrogen and oxygen atoms in total. The quantitative estimate of drug-likeness (QED) is 0.710. The van der Waals surface area contributed by atoms with Crippen molar-refractivity contribution in [1.82, 2.24) is 14.8 Å². The van der Waals surface area contributed by atoms with Crippen molar-refractivity contribution in [3.63, 3.8) is 0 Å². The Balaban J connectivity index is 2.63. The predicted octanol–water partition coefficient (Wildman–Crippen LogP) is 2.41. The maximum atomic E-state index is 8.77. The van der Waals surface area contributed by atoms with E-state index in [9.17, 15) is 0 Å². The predicted molar refractivity (Wildman–Crippen MR) is 60.6 cm³/mol. The summed E-state index contributed by atoms with van der Waals surface area (Å²) in [5, 5.41) is 13.3. The van der Waals surface area contributed by atoms with Crippen molar-refractivity contribution in [3.8, 4) is 11.9 Å². The van der Waals surface area contributed by atoms with Crippen LogP contribution in [0.1, 0.15) is 17.0 Å². The SMILES string of the molecule is Cc1ccc(Cl)nc1-n1nc(C#N)cc1C. The molecule has 5 heteroatoms. The van der Waals surface area contributed by atoms with Gasteiger partial charge in [0.15, 0.2) is 11.5 Å². The lowest BCUT2D eigenvalue weighted by molar-refractivity contribution is 0.805. The van der Waals surface area contributed by atoms with Crippen molar-refractivity contribution in [3.05, 3.63) is 40.3 Å². The molecular weight excluding hydrogens is 224 g/mol. The number of hydrogen-bond donors (Lipinski definition) is 0. The molecule has 0 atom stereocenters. The van der Waals surface area contributed by atoms with E-state index in [2.05, 4.69) is 10.1 Å². The highest BCUT2D eigenvalue weighted by molar-refractivity contribution is 6.29. The molecule has 0 bridgehead atoms. The van der Waals surface area contributed by atoms with E-state index in [1.54, 1.807) is 16.8 Å². The highest BCUT2D eigenvalue weighted by Crippen LogP contribution is 2.16. The number of nitriles is 1. The Morgan fingerprint density at radius 2 is 2.12 bits per heavy atom. The highest BCUT2D eigenvalue weighted by Gasteiger charge is 2.09. The van der Waals surface area contributed by atoms with E-state index in [4.69, 9.17) is 16.9 Å². The smallest absolute Gasteiger partial charge is 0.163 e. The molecule has 0 fully saturated rings. The van der Waals surface area contributed by atoms with E-state index in [-0.39, 0.29) is 0 Å². The Kier molecular flexibility index (Phi) is 2.63. The van der Waals surface area contributed by atoms with Crippen molar-refractivity contribution >= 4 is 11.6 Å². The van der Waals surface area contributed by atoms with Gasteiger partial charge in [-0.25, -0.2) is 9.67 Å². The van der Waals surface area contributed by atoms with Crippen LogP contribution in [0.5, 0.6) is 0 Å². The van der Waals surface area contributed by atoms with Gasteiger partial charge in [0.25, 0.3) is 0 Å². The first kappa shape index (κ1) is 10.7. The molecule has 0 saturated carbocycles. The number of aromatic nitrogens is 3. The fraction of sp³-hybridized carbons (Fsp3) is 0.182. The molecule has 2 aromatic rings. The molecule has 0 spiro atoms. The van der Waals surface area contributed by atoms with Gasteiger partial charge in [-0.3, -0.25) is 0 Å². The van der Waals surface area contributed by atoms with Crippen LogP contribution < -0.4 is 0 Å². The van der Waals surface area contributed by atoms with E-state index in [1.165, 1.54) is 0 Å². The molecule has 0 N–H and O–H groups in total. The Hall–Kier alpha value is -1.86. The van der Waals surface area contributed by atoms with E-state index in [0.29, 0.717) is 16.7 Å². The van der Waals surface area contributed by atoms with Crippen LogP contribution in [-0.4, -0.2) is 14.8 Å². The number of nitrogens with zero attached hydrogens (tertiary/aromatic N) is 4. The summed E-state index contributed by atoms with van der Waals surface area (Å²) in [5.74, 6) is 0.659. The molecule has 80 valence electrons. The Morgan fingerprint density at radius 1 is 1.38 bits per heavy atom. The van der Waals surface area contributed by atoms with Crippen LogP contribution in [0.4, 0.5) is 0 Å². The molecule has 0 unspecified atom stereocenters. The fourth-order valence-electron chi connectivity index (χ4n) is 1.45. The molecular formula is C11H9ClN4. The Labute approximate surface area is 98.1 Å². The molecule has 2 heterocycles. The lowest BCUT2D eigenvalue weighted by atomic mass is 10.3. The maximum absolute atomic E-state index is 8.77. The Bertz CT molecular complexity index is 580. The number of aryl methyl sites for hydroxylation is 2. The standard InChI is InChI=1S/C11H9ClN4/c1-7-3-4-10(12)14-11(7)16-8(2)5-9(6-13)15-16/h3-5H,1-2H3. The molecule has 2 aromatic heterocycles. The third-order valence-electron chi connectivity index (χ3n) is 2.24. The summed E-state index contributed by atoms with van der Waals surface area (Å²) in [5.41, 5.74) is 2.19. The second kappa shape index (κ2) is 3.95. The van der Waals surface area contributed by atoms with Gasteiger partial charge in [-0.2, -0.15) is 10.4 Å². The largest absolute Gasteiger partial charge is 0.218 e. The van der Waals surface area contributed by atoms with Crippen molar-refractivity contribution in [2.75, 3.05) is 0 Å². The average Bonchev–Trinajstić information content (AvgIpc) is 2.63. The van der Waals surface area contributed by atoms with Crippen molar-refractivity contribution in [2.24, 2.45) is 0 Å². The summed E-state index contributed by atoms with van der Waals surface area (Å²) < 4.78 is 1.62. The fourth-order valence-corrected chi connectivity index (χ4v) is 1.60. The van der Waals surface area contributed by atoms with E-state index in [1.807, 2.05) is 26.0 Å². The lowest BCUT2D eigenvalue weighted by Gasteiger charge is -2.06. The van der Waals surface area contributed by atoms with Crippen LogP contribution in [0.25, 0.3) is 5.82 Å². The van der Waals surface area contributed by atoms with E-state index < -0.39 is 0 Å². The topological polar surface area (TPSA) is 54.5 Å². The zero-order valence-corrected chi connectivity index (χ0v) is 9.65. The summed E-state index contributed by atoms with van der Waals surface area (Å²) in [6, 6.07) is 7.31. The first-order chi connectivity index (χ1) is 7.61. The van der Waals surface area contributed by atoms with Crippen molar-refractivity contribution < 1.29 is 0 Å². The molecule has 0 amide bonds. The average molecular weight is 233 g/mol. The minimum atomic E-state index is 0.374. The molecule has 0 aliphatic heterocycles. The highest BCUT2D eigenvalue weighted by atomic mass is 35.5. The summed E-state index contributed by atoms with van der Waals surface area (Å²) in [6.07, 6.45) is 0. The number of hydrogen-bond acceptors (Lipinski definition) is 3. The first-order valence-corrected chi connectivity index (χ1v) is 5.10. The van der Waals surface area contributed by atoms with Crippen LogP contribution in [0.2, 0.25) is 5.15 Å². The lowest BCUT2D eigenvalue weighted by Crippen LogP contribution is -2.04. The zero-order valence-electron chi connectivity index (χ0n) is 8.90. The third-order valence-corrected chi connectivity index (χ3v) is 2.45. The maximum Gasteiger partial charge on any atom is 0.163 e. The molecule has 2 rings (SSSR count). The molecule has 16 heavy (non-hydrogen) atoms. The molecule has 0 aliphatic rings. The van der Waals surface area contributed by atoms with Gasteiger partial charge < -0.3 is 0 Å². The van der Waals surface area contributed by atoms with Crippen LogP contribution in [0, 0.1) is 25.2 Å². The molecule has 0 radical (unpaired) electrons. The second-order valence-corrected chi connectivity index (χ2v) is 3.86. The molecule has 0 aromatic carbocycles. The summed E-state index contributed by atoms with van der Waals surface area (Å²) in [7, 11) is 0. The summed E-state index contributed by atoms with van der Waals surface area (Å²) >= 11 is 5.84. The van der Waals surface area contributed by atoms with Crippen LogP contribution in [-0.2, 0) is 0 Å². The van der Waals surface area contributed by atoms with Crippen LogP contribution in [0.15, 0.2) is 18.2 Å². The Morgan fingerprint density at radius 3 is 2.75 bits per heavy atom. The molecule has 0 aliphatic carbocycles. The van der Waals surface area contributed by atoms with Gasteiger partial charge in [0.05, 0.1) is 0 Å². The number of halogens is 1. The van der Waals surface area contributed by atoms with Crippen LogP contribution >= 0.6 is 11.6 Å². The van der Waals surface area contributed by atoms with E-state index in [0.717, 1.165) is 11.3 Å². The van der Waals surface area contributed by atoms with Gasteiger partial charge in [0.2, 0.25) is 0 Å². The van der Waals surface area contributed by atoms with Gasteiger partial charge in [-0.1, -0.05) is 17.7 Å². The van der Waals surface area contributed by atoms with E-state index >= 15 is 0 Å². The van der Waals surface area contributed by atoms with Gasteiger partial charge in [-0.15, -0.1) is 0 Å². The normalized spacial score (nSPS) is 10.1. The van der Waals surface area contributed by atoms with Gasteiger partial charge in [0, 0.05) is 5.69 Å². The number of pyridine rings is 1. The minimum absolute atomic E-state index is 0.374. The molecule has 0 saturated heterocycles. The summed E-state index contributed by atoms with van der Waals surface area (Å²) in [6.45, 7) is 3.79. The third kappa shape index (κ3) is 1.77. The first-order valence-electron chi connectivity index (χ1n) is 4.72. The van der Waals surface area contributed by atoms with Crippen LogP contribution in [0.3, 0.4) is 0 Å². The van der Waals surface area contributed by atoms with Gasteiger partial charge in [0.1, 0.15) is 11.2 Å². The second-order valence-electron chi connectivity index (χ2n) is 3.47. The van der Waals surface area contributed by atoms with Gasteiger partial charge >= 0.3 is 0 Å². The van der Waals surface area contributed by atoms with Crippen molar-refractivity contribution in [1.29, 1.82) is 5.26 Å². The van der Waals surface area contributed by atoms with Crippen molar-refractivity contribution in [2.45, 2.75) is 13.8 Å².